The van der Waals surface area contributed by atoms with Gasteiger partial charge in [0.25, 0.3) is 0 Å². The van der Waals surface area contributed by atoms with Gasteiger partial charge < -0.3 is 15.0 Å². The molecule has 1 aromatic rings. The third-order valence-corrected chi connectivity index (χ3v) is 3.68. The van der Waals surface area contributed by atoms with Crippen LogP contribution in [0.15, 0.2) is 12.2 Å². The smallest absolute Gasteiger partial charge is 0.323 e. The molecule has 1 aliphatic carbocycles. The Bertz CT molecular complexity index is 489. The maximum absolute atomic E-state index is 5.83. The number of aromatic nitrogens is 3. The lowest BCUT2D eigenvalue weighted by molar-refractivity contribution is 0.186. The van der Waals surface area contributed by atoms with Crippen LogP contribution in [0.4, 0.5) is 11.9 Å². The van der Waals surface area contributed by atoms with Crippen LogP contribution >= 0.6 is 0 Å². The number of hydrogen-bond donors (Lipinski definition) is 1. The molecular weight excluding hydrogens is 266 g/mol. The number of anilines is 2. The van der Waals surface area contributed by atoms with Crippen LogP contribution in [-0.2, 0) is 0 Å². The Labute approximate surface area is 126 Å². The van der Waals surface area contributed by atoms with Gasteiger partial charge in [-0.05, 0) is 31.6 Å². The Hall–Kier alpha value is -1.85. The van der Waals surface area contributed by atoms with Crippen molar-refractivity contribution in [2.24, 2.45) is 11.8 Å². The Kier molecular flexibility index (Phi) is 5.36. The van der Waals surface area contributed by atoms with Crippen LogP contribution in [0, 0.1) is 11.8 Å². The third kappa shape index (κ3) is 4.31. The van der Waals surface area contributed by atoms with Crippen molar-refractivity contribution in [3.8, 4) is 6.01 Å². The van der Waals surface area contributed by atoms with Crippen LogP contribution in [-0.4, -0.2) is 42.2 Å². The molecule has 2 atom stereocenters. The number of allylic oxidation sites excluding steroid dienone is 2. The van der Waals surface area contributed by atoms with Crippen LogP contribution in [0.2, 0.25) is 0 Å². The lowest BCUT2D eigenvalue weighted by Crippen LogP contribution is -2.22. The highest BCUT2D eigenvalue weighted by Gasteiger charge is 2.20. The van der Waals surface area contributed by atoms with E-state index in [1.165, 1.54) is 0 Å². The summed E-state index contributed by atoms with van der Waals surface area (Å²) in [4.78, 5) is 14.8. The van der Waals surface area contributed by atoms with E-state index < -0.39 is 0 Å². The maximum Gasteiger partial charge on any atom is 0.323 e. The molecule has 0 saturated carbocycles. The van der Waals surface area contributed by atoms with Crippen LogP contribution in [0.1, 0.15) is 26.7 Å². The highest BCUT2D eigenvalue weighted by Crippen LogP contribution is 2.25. The second-order valence-corrected chi connectivity index (χ2v) is 5.66. The lowest BCUT2D eigenvalue weighted by atomic mass is 9.85. The Balaban J connectivity index is 2.06. The summed E-state index contributed by atoms with van der Waals surface area (Å²) in [5.41, 5.74) is 0. The van der Waals surface area contributed by atoms with Gasteiger partial charge in [-0.2, -0.15) is 15.0 Å². The minimum absolute atomic E-state index is 0.395. The highest BCUT2D eigenvalue weighted by atomic mass is 16.5. The number of ether oxygens (including phenoxy) is 1. The zero-order valence-electron chi connectivity index (χ0n) is 13.3. The molecule has 6 heteroatoms. The summed E-state index contributed by atoms with van der Waals surface area (Å²) in [6.45, 7) is 5.69. The Morgan fingerprint density at radius 1 is 1.24 bits per heavy atom. The fraction of sp³-hybridized carbons (Fsp3) is 0.667. The molecule has 21 heavy (non-hydrogen) atoms. The number of nitrogens with one attached hydrogen (secondary N) is 1. The van der Waals surface area contributed by atoms with Gasteiger partial charge in [0.15, 0.2) is 0 Å². The standard InChI is InChI=1S/C15H25N5O/c1-5-16-13-17-14(20(3)4)19-15(18-13)21-10-12-9-7-6-8-11(12)2/h6-7,11-12H,5,8-10H2,1-4H3,(H,16,17,18,19). The maximum atomic E-state index is 5.83. The molecule has 1 heterocycles. The molecule has 0 aromatic carbocycles. The van der Waals surface area contributed by atoms with Crippen molar-refractivity contribution in [1.29, 1.82) is 0 Å². The first kappa shape index (κ1) is 15.5. The molecular formula is C15H25N5O. The van der Waals surface area contributed by atoms with Gasteiger partial charge in [-0.1, -0.05) is 19.1 Å². The van der Waals surface area contributed by atoms with Gasteiger partial charge in [0.05, 0.1) is 6.61 Å². The van der Waals surface area contributed by atoms with Crippen molar-refractivity contribution in [3.63, 3.8) is 0 Å². The summed E-state index contributed by atoms with van der Waals surface area (Å²) >= 11 is 0. The number of nitrogens with zero attached hydrogens (tertiary/aromatic N) is 4. The average molecular weight is 291 g/mol. The quantitative estimate of drug-likeness (QED) is 0.812. The van der Waals surface area contributed by atoms with Gasteiger partial charge in [0.1, 0.15) is 0 Å². The van der Waals surface area contributed by atoms with Crippen LogP contribution in [0.25, 0.3) is 0 Å². The fourth-order valence-electron chi connectivity index (χ4n) is 2.27. The lowest BCUT2D eigenvalue weighted by Gasteiger charge is -2.24. The van der Waals surface area contributed by atoms with E-state index in [1.807, 2.05) is 25.9 Å². The van der Waals surface area contributed by atoms with Crippen LogP contribution < -0.4 is 15.0 Å². The van der Waals surface area contributed by atoms with E-state index in [-0.39, 0.29) is 0 Å². The topological polar surface area (TPSA) is 63.2 Å². The highest BCUT2D eigenvalue weighted by molar-refractivity contribution is 5.36. The Morgan fingerprint density at radius 2 is 2.00 bits per heavy atom. The summed E-state index contributed by atoms with van der Waals surface area (Å²) in [5.74, 6) is 2.32. The summed E-state index contributed by atoms with van der Waals surface area (Å²) in [7, 11) is 3.81. The second-order valence-electron chi connectivity index (χ2n) is 5.66. The van der Waals surface area contributed by atoms with E-state index >= 15 is 0 Å². The van der Waals surface area contributed by atoms with Gasteiger partial charge in [0, 0.05) is 20.6 Å². The van der Waals surface area contributed by atoms with E-state index in [1.54, 1.807) is 0 Å². The number of rotatable bonds is 6. The van der Waals surface area contributed by atoms with Gasteiger partial charge in [0.2, 0.25) is 11.9 Å². The van der Waals surface area contributed by atoms with Crippen molar-refractivity contribution in [1.82, 2.24) is 15.0 Å². The molecule has 1 N–H and O–H groups in total. The monoisotopic (exact) mass is 291 g/mol. The largest absolute Gasteiger partial charge is 0.463 e. The van der Waals surface area contributed by atoms with Gasteiger partial charge in [-0.3, -0.25) is 0 Å². The predicted octanol–water partition coefficient (Wildman–Crippen LogP) is 2.35. The summed E-state index contributed by atoms with van der Waals surface area (Å²) in [5, 5.41) is 3.11. The molecule has 1 aliphatic rings. The third-order valence-electron chi connectivity index (χ3n) is 3.68. The molecule has 0 amide bonds. The van der Waals surface area contributed by atoms with E-state index in [9.17, 15) is 0 Å². The molecule has 2 rings (SSSR count). The zero-order chi connectivity index (χ0) is 15.2. The van der Waals surface area contributed by atoms with Crippen LogP contribution in [0.5, 0.6) is 6.01 Å². The van der Waals surface area contributed by atoms with E-state index in [0.717, 1.165) is 19.4 Å². The molecule has 0 aliphatic heterocycles. The van der Waals surface area contributed by atoms with Crippen molar-refractivity contribution in [3.05, 3.63) is 12.2 Å². The minimum Gasteiger partial charge on any atom is -0.463 e. The summed E-state index contributed by atoms with van der Waals surface area (Å²) in [6.07, 6.45) is 6.66. The molecule has 0 saturated heterocycles. The molecule has 6 nitrogen and oxygen atoms in total. The first-order chi connectivity index (χ1) is 10.1. The SMILES string of the molecule is CCNc1nc(OCC2CC=CCC2C)nc(N(C)C)n1. The molecule has 2 unspecified atom stereocenters. The van der Waals surface area contributed by atoms with Crippen molar-refractivity contribution in [2.45, 2.75) is 26.7 Å². The molecule has 0 radical (unpaired) electrons. The first-order valence-electron chi connectivity index (χ1n) is 7.55. The summed E-state index contributed by atoms with van der Waals surface area (Å²) in [6, 6.07) is 0.395. The van der Waals surface area contributed by atoms with Gasteiger partial charge >= 0.3 is 6.01 Å². The van der Waals surface area contributed by atoms with Crippen molar-refractivity contribution >= 4 is 11.9 Å². The molecule has 1 aromatic heterocycles. The average Bonchev–Trinajstić information content (AvgIpc) is 2.46. The van der Waals surface area contributed by atoms with Gasteiger partial charge in [-0.25, -0.2) is 0 Å². The van der Waals surface area contributed by atoms with Crippen molar-refractivity contribution in [2.75, 3.05) is 37.5 Å². The second kappa shape index (κ2) is 7.24. The van der Waals surface area contributed by atoms with E-state index in [2.05, 4.69) is 39.3 Å². The van der Waals surface area contributed by atoms with E-state index in [4.69, 9.17) is 4.74 Å². The van der Waals surface area contributed by atoms with Crippen molar-refractivity contribution < 1.29 is 4.74 Å². The molecule has 116 valence electrons. The Morgan fingerprint density at radius 3 is 2.67 bits per heavy atom. The summed E-state index contributed by atoms with van der Waals surface area (Å²) < 4.78 is 5.83. The normalized spacial score (nSPS) is 21.1. The van der Waals surface area contributed by atoms with Crippen LogP contribution in [0.3, 0.4) is 0 Å². The van der Waals surface area contributed by atoms with E-state index in [0.29, 0.717) is 36.3 Å². The first-order valence-corrected chi connectivity index (χ1v) is 7.55. The number of hydrogen-bond acceptors (Lipinski definition) is 6. The fourth-order valence-corrected chi connectivity index (χ4v) is 2.27. The molecule has 0 spiro atoms. The predicted molar refractivity (Wildman–Crippen MR) is 84.8 cm³/mol. The molecule has 0 bridgehead atoms. The molecule has 0 fully saturated rings. The van der Waals surface area contributed by atoms with Gasteiger partial charge in [-0.15, -0.1) is 0 Å². The minimum atomic E-state index is 0.395. The zero-order valence-corrected chi connectivity index (χ0v) is 13.3.